The summed E-state index contributed by atoms with van der Waals surface area (Å²) in [6.07, 6.45) is 3.43. The second-order valence-corrected chi connectivity index (χ2v) is 10.7. The summed E-state index contributed by atoms with van der Waals surface area (Å²) in [6.45, 7) is 3.79. The zero-order chi connectivity index (χ0) is 30.5. The molecule has 3 aromatic rings. The normalized spacial score (nSPS) is 20.8. The first-order chi connectivity index (χ1) is 20.7. The maximum Gasteiger partial charge on any atom is 0.330 e. The maximum absolute atomic E-state index is 12.3. The Kier molecular flexibility index (Phi) is 9.15. The van der Waals surface area contributed by atoms with Crippen LogP contribution in [0.25, 0.3) is 11.3 Å². The highest BCUT2D eigenvalue weighted by molar-refractivity contribution is 5.94. The van der Waals surface area contributed by atoms with Crippen LogP contribution in [0.3, 0.4) is 0 Å². The summed E-state index contributed by atoms with van der Waals surface area (Å²) in [5, 5.41) is 30.3. The average molecular weight is 592 g/mol. The monoisotopic (exact) mass is 591 g/mol. The van der Waals surface area contributed by atoms with Crippen LogP contribution in [0.15, 0.2) is 46.2 Å². The molecule has 2 saturated heterocycles. The van der Waals surface area contributed by atoms with Crippen LogP contribution in [0, 0.1) is 24.7 Å². The summed E-state index contributed by atoms with van der Waals surface area (Å²) in [6, 6.07) is 6.79. The molecule has 2 aliphatic heterocycles. The minimum absolute atomic E-state index is 0.282. The van der Waals surface area contributed by atoms with Gasteiger partial charge in [-0.1, -0.05) is 23.3 Å². The number of hydrogen-bond acceptors (Lipinski definition) is 9. The predicted octanol–water partition coefficient (Wildman–Crippen LogP) is -0.111. The van der Waals surface area contributed by atoms with E-state index in [0.717, 1.165) is 5.56 Å². The Bertz CT molecular complexity index is 1640. The van der Waals surface area contributed by atoms with Crippen LogP contribution in [0.2, 0.25) is 0 Å². The molecule has 2 aromatic heterocycles. The SMILES string of the molecule is Cc1cn([C@H]2C[C@@H](n3cc(-c4ccc(C#CC(=O)NCCN5CCC(C(=O)O)CC5)cc4)nn3)[C@@H](CO)O2)c(=O)[nH]c1=O. The van der Waals surface area contributed by atoms with E-state index < -0.39 is 35.6 Å². The van der Waals surface area contributed by atoms with Gasteiger partial charge >= 0.3 is 11.7 Å². The highest BCUT2D eigenvalue weighted by Crippen LogP contribution is 2.36. The summed E-state index contributed by atoms with van der Waals surface area (Å²) in [5.41, 5.74) is 1.33. The molecule has 2 aliphatic rings. The molecule has 4 heterocycles. The minimum Gasteiger partial charge on any atom is -0.481 e. The molecule has 14 heteroatoms. The van der Waals surface area contributed by atoms with Crippen molar-refractivity contribution in [1.29, 1.82) is 0 Å². The molecule has 226 valence electrons. The zero-order valence-electron chi connectivity index (χ0n) is 23.6. The molecule has 1 amide bonds. The molecule has 0 unspecified atom stereocenters. The van der Waals surface area contributed by atoms with E-state index in [1.54, 1.807) is 29.9 Å². The zero-order valence-corrected chi connectivity index (χ0v) is 23.6. The number of aromatic amines is 1. The maximum atomic E-state index is 12.3. The van der Waals surface area contributed by atoms with Gasteiger partial charge in [-0.05, 0) is 45.0 Å². The molecule has 0 aliphatic carbocycles. The van der Waals surface area contributed by atoms with Crippen molar-refractivity contribution in [2.24, 2.45) is 5.92 Å². The van der Waals surface area contributed by atoms with Crippen LogP contribution in [0.4, 0.5) is 0 Å². The van der Waals surface area contributed by atoms with Gasteiger partial charge in [-0.25, -0.2) is 9.48 Å². The van der Waals surface area contributed by atoms with E-state index in [9.17, 15) is 24.3 Å². The fourth-order valence-electron chi connectivity index (χ4n) is 5.33. The number of likely N-dealkylation sites (tertiary alicyclic amines) is 1. The smallest absolute Gasteiger partial charge is 0.330 e. The molecule has 43 heavy (non-hydrogen) atoms. The first-order valence-corrected chi connectivity index (χ1v) is 14.1. The Morgan fingerprint density at radius 2 is 1.91 bits per heavy atom. The standard InChI is InChI=1S/C29H33N7O7/c1-18-15-35(29(42)31-27(18)39)26-14-23(24(17-37)43-26)36-16-22(32-33-36)20-5-2-19(3-6-20)4-7-25(38)30-10-13-34-11-8-21(9-12-34)28(40)41/h2-3,5-6,15-16,21,23-24,26,37H,8-14,17H2,1H3,(H,30,38)(H,40,41)(H,31,39,42)/t23-,24-,26-/m1/s1. The molecule has 4 N–H and O–H groups in total. The molecule has 2 fully saturated rings. The van der Waals surface area contributed by atoms with Crippen molar-refractivity contribution in [3.05, 3.63) is 68.6 Å². The lowest BCUT2D eigenvalue weighted by atomic mass is 9.97. The van der Waals surface area contributed by atoms with Crippen molar-refractivity contribution in [3.8, 4) is 23.1 Å². The first kappa shape index (κ1) is 29.9. The average Bonchev–Trinajstić information content (AvgIpc) is 3.66. The molecule has 3 atom stereocenters. The van der Waals surface area contributed by atoms with Gasteiger partial charge in [-0.3, -0.25) is 23.9 Å². The van der Waals surface area contributed by atoms with Crippen molar-refractivity contribution < 1.29 is 24.5 Å². The van der Waals surface area contributed by atoms with Crippen LogP contribution in [0.5, 0.6) is 0 Å². The van der Waals surface area contributed by atoms with Crippen molar-refractivity contribution in [2.45, 2.75) is 44.6 Å². The van der Waals surface area contributed by atoms with Crippen LogP contribution in [0.1, 0.15) is 42.7 Å². The summed E-state index contributed by atoms with van der Waals surface area (Å²) < 4.78 is 8.83. The number of aliphatic hydroxyl groups is 1. The fraction of sp³-hybridized carbons (Fsp3) is 0.448. The quantitative estimate of drug-likeness (QED) is 0.258. The number of hydrogen-bond donors (Lipinski definition) is 4. The molecule has 5 rings (SSSR count). The molecule has 0 radical (unpaired) electrons. The van der Waals surface area contributed by atoms with Crippen molar-refractivity contribution >= 4 is 11.9 Å². The van der Waals surface area contributed by atoms with Gasteiger partial charge in [-0.15, -0.1) is 5.10 Å². The third kappa shape index (κ3) is 7.08. The van der Waals surface area contributed by atoms with E-state index in [-0.39, 0.29) is 18.4 Å². The van der Waals surface area contributed by atoms with Crippen LogP contribution >= 0.6 is 0 Å². The minimum atomic E-state index is -0.744. The number of carbonyl (C=O) groups is 2. The molecule has 0 bridgehead atoms. The lowest BCUT2D eigenvalue weighted by molar-refractivity contribution is -0.143. The summed E-state index contributed by atoms with van der Waals surface area (Å²) >= 11 is 0. The van der Waals surface area contributed by atoms with Crippen LogP contribution in [-0.4, -0.2) is 90.4 Å². The predicted molar refractivity (Wildman–Crippen MR) is 153 cm³/mol. The van der Waals surface area contributed by atoms with Gasteiger partial charge in [-0.2, -0.15) is 0 Å². The van der Waals surface area contributed by atoms with E-state index in [2.05, 4.69) is 37.4 Å². The second-order valence-electron chi connectivity index (χ2n) is 10.7. The number of aliphatic hydroxyl groups excluding tert-OH is 1. The van der Waals surface area contributed by atoms with Crippen molar-refractivity contribution in [3.63, 3.8) is 0 Å². The number of aryl methyl sites for hydroxylation is 1. The third-order valence-electron chi connectivity index (χ3n) is 7.84. The number of aromatic nitrogens is 5. The number of amides is 1. The van der Waals surface area contributed by atoms with Crippen molar-refractivity contribution in [2.75, 3.05) is 32.8 Å². The van der Waals surface area contributed by atoms with Crippen LogP contribution in [-0.2, 0) is 14.3 Å². The molecular weight excluding hydrogens is 558 g/mol. The first-order valence-electron chi connectivity index (χ1n) is 14.1. The topological polar surface area (TPSA) is 185 Å². The highest BCUT2D eigenvalue weighted by Gasteiger charge is 2.38. The van der Waals surface area contributed by atoms with Gasteiger partial charge in [0.15, 0.2) is 0 Å². The number of rotatable bonds is 8. The molecule has 14 nitrogen and oxygen atoms in total. The molecular formula is C29H33N7O7. The Balaban J connectivity index is 1.15. The van der Waals surface area contributed by atoms with Gasteiger partial charge in [0.1, 0.15) is 18.0 Å². The van der Waals surface area contributed by atoms with Gasteiger partial charge in [0.2, 0.25) is 0 Å². The second kappa shape index (κ2) is 13.2. The van der Waals surface area contributed by atoms with Gasteiger partial charge < -0.3 is 25.2 Å². The number of carboxylic acid groups (broad SMARTS) is 1. The van der Waals surface area contributed by atoms with E-state index in [4.69, 9.17) is 9.84 Å². The Morgan fingerprint density at radius 1 is 1.16 bits per heavy atom. The molecule has 0 spiro atoms. The number of piperidine rings is 1. The number of nitrogens with one attached hydrogen (secondary N) is 2. The Hall–Kier alpha value is -4.58. The number of ether oxygens (including phenoxy) is 1. The van der Waals surface area contributed by atoms with Gasteiger partial charge in [0.05, 0.1) is 24.8 Å². The largest absolute Gasteiger partial charge is 0.481 e. The third-order valence-corrected chi connectivity index (χ3v) is 7.84. The van der Waals surface area contributed by atoms with Gasteiger partial charge in [0.25, 0.3) is 11.5 Å². The van der Waals surface area contributed by atoms with E-state index in [1.165, 1.54) is 10.8 Å². The summed E-state index contributed by atoms with van der Waals surface area (Å²) in [4.78, 5) is 51.7. The van der Waals surface area contributed by atoms with Crippen LogP contribution < -0.4 is 16.6 Å². The van der Waals surface area contributed by atoms with E-state index in [1.807, 2.05) is 12.1 Å². The summed E-state index contributed by atoms with van der Waals surface area (Å²) in [7, 11) is 0. The number of benzene rings is 1. The van der Waals surface area contributed by atoms with E-state index in [0.29, 0.717) is 62.3 Å². The Labute approximate surface area is 246 Å². The number of carbonyl (C=O) groups excluding carboxylic acids is 1. The van der Waals surface area contributed by atoms with E-state index >= 15 is 0 Å². The lowest BCUT2D eigenvalue weighted by Gasteiger charge is -2.29. The molecule has 1 aromatic carbocycles. The number of carboxylic acids is 1. The van der Waals surface area contributed by atoms with Gasteiger partial charge in [0, 0.05) is 48.3 Å². The number of H-pyrrole nitrogens is 1. The summed E-state index contributed by atoms with van der Waals surface area (Å²) in [5.74, 6) is 4.03. The molecule has 0 saturated carbocycles. The lowest BCUT2D eigenvalue weighted by Crippen LogP contribution is -2.40. The fourth-order valence-corrected chi connectivity index (χ4v) is 5.33. The highest BCUT2D eigenvalue weighted by atomic mass is 16.5. The number of nitrogens with zero attached hydrogens (tertiary/aromatic N) is 5. The number of aliphatic carboxylic acids is 1. The Morgan fingerprint density at radius 3 is 2.60 bits per heavy atom. The van der Waals surface area contributed by atoms with Crippen molar-refractivity contribution in [1.82, 2.24) is 34.8 Å².